The summed E-state index contributed by atoms with van der Waals surface area (Å²) in [6.45, 7) is 9.79. The predicted molar refractivity (Wildman–Crippen MR) is 80.3 cm³/mol. The van der Waals surface area contributed by atoms with Gasteiger partial charge in [0.1, 0.15) is 11.5 Å². The molecule has 0 fully saturated rings. The van der Waals surface area contributed by atoms with Crippen LogP contribution in [0.25, 0.3) is 0 Å². The van der Waals surface area contributed by atoms with Gasteiger partial charge in [0.15, 0.2) is 0 Å². The largest absolute Gasteiger partial charge is 0.497 e. The Kier molecular flexibility index (Phi) is 5.67. The highest BCUT2D eigenvalue weighted by Gasteiger charge is 2.14. The van der Waals surface area contributed by atoms with Gasteiger partial charge in [-0.15, -0.1) is 0 Å². The van der Waals surface area contributed by atoms with Crippen LogP contribution in [0.15, 0.2) is 18.2 Å². The first-order valence-corrected chi connectivity index (χ1v) is 6.84. The average molecular weight is 265 g/mol. The molecule has 1 aromatic carbocycles. The minimum atomic E-state index is 0.170. The Bertz CT molecular complexity index is 396. The van der Waals surface area contributed by atoms with E-state index in [1.165, 1.54) is 5.56 Å². The fourth-order valence-corrected chi connectivity index (χ4v) is 2.04. The van der Waals surface area contributed by atoms with Gasteiger partial charge in [-0.3, -0.25) is 0 Å². The van der Waals surface area contributed by atoms with Gasteiger partial charge < -0.3 is 14.8 Å². The molecule has 1 N–H and O–H groups in total. The molecular weight excluding hydrogens is 238 g/mol. The molecule has 0 aliphatic rings. The second-order valence-electron chi connectivity index (χ2n) is 5.97. The topological polar surface area (TPSA) is 30.5 Å². The van der Waals surface area contributed by atoms with Gasteiger partial charge in [-0.05, 0) is 51.3 Å². The van der Waals surface area contributed by atoms with Crippen LogP contribution in [0, 0.1) is 0 Å². The SMILES string of the molecule is COc1ccc(C(C)CCNC(C)(C)C)c(OC)c1. The quantitative estimate of drug-likeness (QED) is 0.852. The molecule has 0 saturated heterocycles. The second-order valence-corrected chi connectivity index (χ2v) is 5.97. The molecule has 3 nitrogen and oxygen atoms in total. The maximum Gasteiger partial charge on any atom is 0.126 e. The van der Waals surface area contributed by atoms with Crippen molar-refractivity contribution < 1.29 is 9.47 Å². The van der Waals surface area contributed by atoms with Gasteiger partial charge in [0.2, 0.25) is 0 Å². The summed E-state index contributed by atoms with van der Waals surface area (Å²) < 4.78 is 10.7. The van der Waals surface area contributed by atoms with Crippen molar-refractivity contribution >= 4 is 0 Å². The van der Waals surface area contributed by atoms with Gasteiger partial charge in [-0.2, -0.15) is 0 Å². The van der Waals surface area contributed by atoms with Crippen LogP contribution in [-0.4, -0.2) is 26.3 Å². The summed E-state index contributed by atoms with van der Waals surface area (Å²) in [5.74, 6) is 2.19. The van der Waals surface area contributed by atoms with Crippen LogP contribution < -0.4 is 14.8 Å². The third-order valence-electron chi connectivity index (χ3n) is 3.20. The lowest BCUT2D eigenvalue weighted by molar-refractivity contribution is 0.384. The number of benzene rings is 1. The summed E-state index contributed by atoms with van der Waals surface area (Å²) in [5.41, 5.74) is 1.41. The molecule has 0 amide bonds. The number of ether oxygens (including phenoxy) is 2. The highest BCUT2D eigenvalue weighted by molar-refractivity contribution is 5.42. The number of hydrogen-bond acceptors (Lipinski definition) is 3. The molecule has 19 heavy (non-hydrogen) atoms. The van der Waals surface area contributed by atoms with Crippen LogP contribution in [0.3, 0.4) is 0 Å². The molecule has 1 atom stereocenters. The summed E-state index contributed by atoms with van der Waals surface area (Å²) in [6, 6.07) is 6.04. The van der Waals surface area contributed by atoms with E-state index in [4.69, 9.17) is 9.47 Å². The Labute approximate surface area is 117 Å². The van der Waals surface area contributed by atoms with Gasteiger partial charge >= 0.3 is 0 Å². The monoisotopic (exact) mass is 265 g/mol. The molecule has 1 rings (SSSR count). The van der Waals surface area contributed by atoms with Crippen molar-refractivity contribution in [2.24, 2.45) is 0 Å². The maximum absolute atomic E-state index is 5.46. The van der Waals surface area contributed by atoms with E-state index in [9.17, 15) is 0 Å². The maximum atomic E-state index is 5.46. The van der Waals surface area contributed by atoms with Crippen LogP contribution in [0.1, 0.15) is 45.6 Å². The zero-order chi connectivity index (χ0) is 14.5. The van der Waals surface area contributed by atoms with E-state index in [0.717, 1.165) is 24.5 Å². The average Bonchev–Trinajstić information content (AvgIpc) is 2.36. The third kappa shape index (κ3) is 5.11. The Morgan fingerprint density at radius 3 is 2.37 bits per heavy atom. The minimum Gasteiger partial charge on any atom is -0.497 e. The van der Waals surface area contributed by atoms with Crippen molar-refractivity contribution in [3.63, 3.8) is 0 Å². The van der Waals surface area contributed by atoms with E-state index in [1.807, 2.05) is 12.1 Å². The minimum absolute atomic E-state index is 0.170. The van der Waals surface area contributed by atoms with Crippen LogP contribution in [-0.2, 0) is 0 Å². The van der Waals surface area contributed by atoms with Gasteiger partial charge in [-0.1, -0.05) is 13.0 Å². The number of hydrogen-bond donors (Lipinski definition) is 1. The first-order chi connectivity index (χ1) is 8.87. The number of rotatable bonds is 6. The van der Waals surface area contributed by atoms with E-state index in [1.54, 1.807) is 14.2 Å². The van der Waals surface area contributed by atoms with Crippen molar-refractivity contribution in [3.8, 4) is 11.5 Å². The second kappa shape index (κ2) is 6.80. The first-order valence-electron chi connectivity index (χ1n) is 6.84. The summed E-state index contributed by atoms with van der Waals surface area (Å²) in [6.07, 6.45) is 1.08. The smallest absolute Gasteiger partial charge is 0.126 e. The highest BCUT2D eigenvalue weighted by atomic mass is 16.5. The number of nitrogens with one attached hydrogen (secondary N) is 1. The van der Waals surface area contributed by atoms with Crippen LogP contribution in [0.2, 0.25) is 0 Å². The summed E-state index contributed by atoms with van der Waals surface area (Å²) in [5, 5.41) is 3.52. The van der Waals surface area contributed by atoms with E-state index in [2.05, 4.69) is 39.1 Å². The van der Waals surface area contributed by atoms with Crippen molar-refractivity contribution in [2.75, 3.05) is 20.8 Å². The molecule has 0 heterocycles. The summed E-state index contributed by atoms with van der Waals surface area (Å²) in [7, 11) is 3.38. The molecule has 0 aliphatic heterocycles. The van der Waals surface area contributed by atoms with E-state index >= 15 is 0 Å². The normalized spacial score (nSPS) is 13.2. The van der Waals surface area contributed by atoms with E-state index < -0.39 is 0 Å². The van der Waals surface area contributed by atoms with Crippen molar-refractivity contribution in [3.05, 3.63) is 23.8 Å². The van der Waals surface area contributed by atoms with Crippen LogP contribution in [0.4, 0.5) is 0 Å². The van der Waals surface area contributed by atoms with Crippen LogP contribution >= 0.6 is 0 Å². The standard InChI is InChI=1S/C16H27NO2/c1-12(9-10-17-16(2,3)4)14-8-7-13(18-5)11-15(14)19-6/h7-8,11-12,17H,9-10H2,1-6H3. The lowest BCUT2D eigenvalue weighted by atomic mass is 9.96. The number of methoxy groups -OCH3 is 2. The van der Waals surface area contributed by atoms with Gasteiger partial charge in [0.25, 0.3) is 0 Å². The van der Waals surface area contributed by atoms with Crippen LogP contribution in [0.5, 0.6) is 11.5 Å². The zero-order valence-corrected chi connectivity index (χ0v) is 13.0. The lowest BCUT2D eigenvalue weighted by Gasteiger charge is -2.22. The van der Waals surface area contributed by atoms with E-state index in [-0.39, 0.29) is 5.54 Å². The molecule has 1 aromatic rings. The predicted octanol–water partition coefficient (Wildman–Crippen LogP) is 3.59. The molecule has 0 spiro atoms. The summed E-state index contributed by atoms with van der Waals surface area (Å²) >= 11 is 0. The van der Waals surface area contributed by atoms with E-state index in [0.29, 0.717) is 5.92 Å². The first kappa shape index (κ1) is 15.8. The Morgan fingerprint density at radius 2 is 1.84 bits per heavy atom. The molecule has 0 radical (unpaired) electrons. The Balaban J connectivity index is 2.68. The van der Waals surface area contributed by atoms with Crippen molar-refractivity contribution in [2.45, 2.75) is 45.6 Å². The van der Waals surface area contributed by atoms with Gasteiger partial charge in [0, 0.05) is 11.6 Å². The molecule has 3 heteroatoms. The third-order valence-corrected chi connectivity index (χ3v) is 3.20. The highest BCUT2D eigenvalue weighted by Crippen LogP contribution is 2.31. The molecular formula is C16H27NO2. The Hall–Kier alpha value is -1.22. The zero-order valence-electron chi connectivity index (χ0n) is 13.0. The molecule has 0 aliphatic carbocycles. The molecule has 1 unspecified atom stereocenters. The Morgan fingerprint density at radius 1 is 1.16 bits per heavy atom. The lowest BCUT2D eigenvalue weighted by Crippen LogP contribution is -2.36. The fourth-order valence-electron chi connectivity index (χ4n) is 2.04. The van der Waals surface area contributed by atoms with Gasteiger partial charge in [-0.25, -0.2) is 0 Å². The molecule has 0 saturated carbocycles. The van der Waals surface area contributed by atoms with Gasteiger partial charge in [0.05, 0.1) is 14.2 Å². The fraction of sp³-hybridized carbons (Fsp3) is 0.625. The summed E-state index contributed by atoms with van der Waals surface area (Å²) in [4.78, 5) is 0. The van der Waals surface area contributed by atoms with Crippen molar-refractivity contribution in [1.82, 2.24) is 5.32 Å². The molecule has 0 bridgehead atoms. The van der Waals surface area contributed by atoms with Crippen molar-refractivity contribution in [1.29, 1.82) is 0 Å². The molecule has 108 valence electrons. The molecule has 0 aromatic heterocycles.